The largest absolute Gasteiger partial charge is 0.480 e. The molecule has 2 rings (SSSR count). The molecule has 0 aliphatic carbocycles. The summed E-state index contributed by atoms with van der Waals surface area (Å²) in [6.45, 7) is 3.29. The second-order valence-electron chi connectivity index (χ2n) is 5.01. The van der Waals surface area contributed by atoms with E-state index in [0.29, 0.717) is 10.9 Å². The van der Waals surface area contributed by atoms with Crippen molar-refractivity contribution >= 4 is 26.9 Å². The van der Waals surface area contributed by atoms with E-state index in [1.165, 1.54) is 6.07 Å². The zero-order valence-corrected chi connectivity index (χ0v) is 12.5. The maximum atomic E-state index is 12.5. The molecule has 112 valence electrons. The Labute approximate surface area is 122 Å². The molecule has 1 aromatic carbocycles. The Hall–Kier alpha value is -1.99. The monoisotopic (exact) mass is 308 g/mol. The first kappa shape index (κ1) is 15.4. The molecule has 1 atom stereocenters. The van der Waals surface area contributed by atoms with Gasteiger partial charge >= 0.3 is 5.97 Å². The lowest BCUT2D eigenvalue weighted by atomic mass is 10.1. The fourth-order valence-corrected chi connectivity index (χ4v) is 3.57. The van der Waals surface area contributed by atoms with Crippen molar-refractivity contribution < 1.29 is 18.3 Å². The van der Waals surface area contributed by atoms with E-state index in [9.17, 15) is 13.2 Å². The number of sulfonamides is 1. The minimum absolute atomic E-state index is 0.0278. The Balaban J connectivity index is 2.50. The molecule has 0 radical (unpaired) electrons. The molecule has 1 aromatic heterocycles. The van der Waals surface area contributed by atoms with Gasteiger partial charge in [0, 0.05) is 11.6 Å². The van der Waals surface area contributed by atoms with Gasteiger partial charge in [-0.2, -0.15) is 4.72 Å². The number of hydrogen-bond donors (Lipinski definition) is 2. The fraction of sp³-hybridized carbons (Fsp3) is 0.286. The molecule has 2 aromatic rings. The van der Waals surface area contributed by atoms with Crippen LogP contribution in [0.2, 0.25) is 0 Å². The van der Waals surface area contributed by atoms with Crippen LogP contribution in [-0.4, -0.2) is 30.5 Å². The number of carbonyl (C=O) groups is 1. The standard InChI is InChI=1S/C14H16N2O4S/c1-9(2)13(14(17)18)16-21(19,20)12-7-3-6-11-10(12)5-4-8-15-11/h3-9,13,16H,1-2H3,(H,17,18). The van der Waals surface area contributed by atoms with Gasteiger partial charge in [0.15, 0.2) is 0 Å². The Morgan fingerprint density at radius 1 is 1.24 bits per heavy atom. The summed E-state index contributed by atoms with van der Waals surface area (Å²) in [4.78, 5) is 15.3. The maximum Gasteiger partial charge on any atom is 0.322 e. The number of aliphatic carboxylic acids is 1. The third kappa shape index (κ3) is 3.20. The molecule has 1 unspecified atom stereocenters. The topological polar surface area (TPSA) is 96.4 Å². The van der Waals surface area contributed by atoms with Crippen LogP contribution in [0, 0.1) is 5.92 Å². The van der Waals surface area contributed by atoms with Crippen LogP contribution in [0.25, 0.3) is 10.9 Å². The average molecular weight is 308 g/mol. The molecule has 0 aliphatic heterocycles. The van der Waals surface area contributed by atoms with Crippen molar-refractivity contribution in [3.63, 3.8) is 0 Å². The highest BCUT2D eigenvalue weighted by molar-refractivity contribution is 7.89. The van der Waals surface area contributed by atoms with Crippen molar-refractivity contribution in [1.29, 1.82) is 0 Å². The van der Waals surface area contributed by atoms with Crippen molar-refractivity contribution in [2.75, 3.05) is 0 Å². The first-order valence-corrected chi connectivity index (χ1v) is 7.90. The van der Waals surface area contributed by atoms with E-state index in [1.54, 1.807) is 44.3 Å². The highest BCUT2D eigenvalue weighted by atomic mass is 32.2. The number of benzene rings is 1. The van der Waals surface area contributed by atoms with E-state index in [-0.39, 0.29) is 10.8 Å². The second kappa shape index (κ2) is 5.79. The van der Waals surface area contributed by atoms with Crippen LogP contribution in [0.4, 0.5) is 0 Å². The molecule has 0 bridgehead atoms. The SMILES string of the molecule is CC(C)C(NS(=O)(=O)c1cccc2ncccc12)C(=O)O. The molecule has 0 spiro atoms. The van der Waals surface area contributed by atoms with Crippen LogP contribution in [0.5, 0.6) is 0 Å². The number of aromatic nitrogens is 1. The van der Waals surface area contributed by atoms with Crippen molar-refractivity contribution in [1.82, 2.24) is 9.71 Å². The van der Waals surface area contributed by atoms with Crippen LogP contribution in [0.15, 0.2) is 41.4 Å². The Kier molecular flexibility index (Phi) is 4.24. The quantitative estimate of drug-likeness (QED) is 0.875. The van der Waals surface area contributed by atoms with Gasteiger partial charge in [-0.15, -0.1) is 0 Å². The van der Waals surface area contributed by atoms with Crippen LogP contribution in [-0.2, 0) is 14.8 Å². The first-order valence-electron chi connectivity index (χ1n) is 6.42. The van der Waals surface area contributed by atoms with Gasteiger partial charge in [-0.3, -0.25) is 9.78 Å². The van der Waals surface area contributed by atoms with Gasteiger partial charge in [0.25, 0.3) is 0 Å². The van der Waals surface area contributed by atoms with Gasteiger partial charge < -0.3 is 5.11 Å². The number of nitrogens with one attached hydrogen (secondary N) is 1. The smallest absolute Gasteiger partial charge is 0.322 e. The predicted octanol–water partition coefficient (Wildman–Crippen LogP) is 1.62. The summed E-state index contributed by atoms with van der Waals surface area (Å²) in [5.74, 6) is -1.57. The predicted molar refractivity (Wildman–Crippen MR) is 78.3 cm³/mol. The van der Waals surface area contributed by atoms with E-state index in [0.717, 1.165) is 0 Å². The van der Waals surface area contributed by atoms with Crippen LogP contribution in [0.3, 0.4) is 0 Å². The summed E-state index contributed by atoms with van der Waals surface area (Å²) in [5.41, 5.74) is 0.539. The van der Waals surface area contributed by atoms with E-state index in [4.69, 9.17) is 5.11 Å². The van der Waals surface area contributed by atoms with Crippen molar-refractivity contribution in [2.45, 2.75) is 24.8 Å². The lowest BCUT2D eigenvalue weighted by Crippen LogP contribution is -2.44. The normalized spacial score (nSPS) is 13.5. The summed E-state index contributed by atoms with van der Waals surface area (Å²) in [6.07, 6.45) is 1.57. The van der Waals surface area contributed by atoms with Crippen molar-refractivity contribution in [2.24, 2.45) is 5.92 Å². The third-order valence-corrected chi connectivity index (χ3v) is 4.61. The molecule has 0 amide bonds. The molecule has 0 fully saturated rings. The Morgan fingerprint density at radius 2 is 1.95 bits per heavy atom. The van der Waals surface area contributed by atoms with Gasteiger partial charge in [-0.05, 0) is 30.2 Å². The average Bonchev–Trinajstić information content (AvgIpc) is 2.43. The molecule has 21 heavy (non-hydrogen) atoms. The summed E-state index contributed by atoms with van der Waals surface area (Å²) in [5, 5.41) is 9.59. The molecule has 0 saturated heterocycles. The van der Waals surface area contributed by atoms with Gasteiger partial charge in [-0.1, -0.05) is 19.9 Å². The molecule has 6 nitrogen and oxygen atoms in total. The van der Waals surface area contributed by atoms with Gasteiger partial charge in [-0.25, -0.2) is 8.42 Å². The number of nitrogens with zero attached hydrogens (tertiary/aromatic N) is 1. The summed E-state index contributed by atoms with van der Waals surface area (Å²) >= 11 is 0. The number of hydrogen-bond acceptors (Lipinski definition) is 4. The minimum Gasteiger partial charge on any atom is -0.480 e. The molecular formula is C14H16N2O4S. The van der Waals surface area contributed by atoms with Gasteiger partial charge in [0.2, 0.25) is 10.0 Å². The zero-order chi connectivity index (χ0) is 15.6. The number of fused-ring (bicyclic) bond motifs is 1. The van der Waals surface area contributed by atoms with Crippen LogP contribution >= 0.6 is 0 Å². The summed E-state index contributed by atoms with van der Waals surface area (Å²) in [6, 6.07) is 6.81. The maximum absolute atomic E-state index is 12.5. The molecular weight excluding hydrogens is 292 g/mol. The Bertz CT molecular complexity index is 766. The molecule has 1 heterocycles. The summed E-state index contributed by atoms with van der Waals surface area (Å²) < 4.78 is 27.2. The highest BCUT2D eigenvalue weighted by Crippen LogP contribution is 2.21. The van der Waals surface area contributed by atoms with Crippen molar-refractivity contribution in [3.8, 4) is 0 Å². The number of rotatable bonds is 5. The second-order valence-corrected chi connectivity index (χ2v) is 6.69. The number of carboxylic acids is 1. The van der Waals surface area contributed by atoms with Crippen LogP contribution in [0.1, 0.15) is 13.8 Å². The zero-order valence-electron chi connectivity index (χ0n) is 11.6. The number of pyridine rings is 1. The molecule has 0 aliphatic rings. The first-order chi connectivity index (χ1) is 9.83. The lowest BCUT2D eigenvalue weighted by Gasteiger charge is -2.18. The third-order valence-electron chi connectivity index (χ3n) is 3.11. The van der Waals surface area contributed by atoms with Crippen LogP contribution < -0.4 is 4.72 Å². The lowest BCUT2D eigenvalue weighted by molar-refractivity contribution is -0.140. The van der Waals surface area contributed by atoms with Gasteiger partial charge in [0.05, 0.1) is 10.4 Å². The minimum atomic E-state index is -3.95. The number of carboxylic acid groups (broad SMARTS) is 1. The molecule has 0 saturated carbocycles. The fourth-order valence-electron chi connectivity index (χ4n) is 2.01. The Morgan fingerprint density at radius 3 is 2.57 bits per heavy atom. The van der Waals surface area contributed by atoms with Gasteiger partial charge in [0.1, 0.15) is 6.04 Å². The van der Waals surface area contributed by atoms with E-state index in [1.807, 2.05) is 0 Å². The molecule has 2 N–H and O–H groups in total. The highest BCUT2D eigenvalue weighted by Gasteiger charge is 2.28. The van der Waals surface area contributed by atoms with E-state index >= 15 is 0 Å². The van der Waals surface area contributed by atoms with E-state index < -0.39 is 22.0 Å². The molecule has 7 heteroatoms. The van der Waals surface area contributed by atoms with E-state index in [2.05, 4.69) is 9.71 Å². The summed E-state index contributed by atoms with van der Waals surface area (Å²) in [7, 11) is -3.95. The van der Waals surface area contributed by atoms with Crippen molar-refractivity contribution in [3.05, 3.63) is 36.5 Å².